The van der Waals surface area contributed by atoms with Gasteiger partial charge in [0, 0.05) is 6.04 Å². The van der Waals surface area contributed by atoms with E-state index in [0.717, 1.165) is 0 Å². The fourth-order valence-electron chi connectivity index (χ4n) is 0.863. The van der Waals surface area contributed by atoms with Crippen molar-refractivity contribution in [2.24, 2.45) is 0 Å². The Kier molecular flexibility index (Phi) is 7.02. The van der Waals surface area contributed by atoms with E-state index in [1.165, 1.54) is 0 Å². The van der Waals surface area contributed by atoms with E-state index in [2.05, 4.69) is 21.9 Å². The molecular weight excluding hydrogens is 194 g/mol. The van der Waals surface area contributed by atoms with Crippen LogP contribution in [-0.4, -0.2) is 37.5 Å². The molecular formula is C10H17N3O2. The molecule has 0 saturated carbocycles. The molecule has 2 amide bonds. The Labute approximate surface area is 90.0 Å². The molecule has 0 aromatic carbocycles. The molecule has 0 unspecified atom stereocenters. The first-order valence-electron chi connectivity index (χ1n) is 4.76. The Morgan fingerprint density at radius 2 is 1.93 bits per heavy atom. The Bertz CT molecular complexity index is 256. The minimum absolute atomic E-state index is 0.00521. The van der Waals surface area contributed by atoms with Crippen molar-refractivity contribution in [3.63, 3.8) is 0 Å². The highest BCUT2D eigenvalue weighted by molar-refractivity contribution is 5.85. The molecule has 0 atom stereocenters. The first-order valence-corrected chi connectivity index (χ1v) is 4.76. The zero-order chi connectivity index (χ0) is 11.7. The average molecular weight is 211 g/mol. The van der Waals surface area contributed by atoms with E-state index >= 15 is 0 Å². The van der Waals surface area contributed by atoms with Crippen LogP contribution in [0.25, 0.3) is 0 Å². The normalized spacial score (nSPS) is 9.47. The van der Waals surface area contributed by atoms with Crippen molar-refractivity contribution in [3.8, 4) is 12.3 Å². The highest BCUT2D eigenvalue weighted by Crippen LogP contribution is 1.75. The topological polar surface area (TPSA) is 70.2 Å². The number of hydrogen-bond donors (Lipinski definition) is 3. The molecule has 15 heavy (non-hydrogen) atoms. The van der Waals surface area contributed by atoms with Gasteiger partial charge in [0.25, 0.3) is 0 Å². The summed E-state index contributed by atoms with van der Waals surface area (Å²) in [4.78, 5) is 22.2. The van der Waals surface area contributed by atoms with Crippen molar-refractivity contribution < 1.29 is 9.59 Å². The third kappa shape index (κ3) is 8.78. The molecule has 0 fully saturated rings. The Morgan fingerprint density at radius 1 is 1.27 bits per heavy atom. The zero-order valence-electron chi connectivity index (χ0n) is 9.09. The average Bonchev–Trinajstić information content (AvgIpc) is 2.14. The molecule has 0 aliphatic carbocycles. The predicted molar refractivity (Wildman–Crippen MR) is 58.0 cm³/mol. The van der Waals surface area contributed by atoms with Gasteiger partial charge in [-0.15, -0.1) is 6.42 Å². The zero-order valence-corrected chi connectivity index (χ0v) is 9.09. The standard InChI is InChI=1S/C10H17N3O2/c1-4-5-11-6-9(14)12-7-10(15)13-8(2)3/h1,8,11H,5-7H2,2-3H3,(H,12,14)(H,13,15). The van der Waals surface area contributed by atoms with Crippen LogP contribution in [0.5, 0.6) is 0 Å². The highest BCUT2D eigenvalue weighted by atomic mass is 16.2. The van der Waals surface area contributed by atoms with E-state index in [0.29, 0.717) is 6.54 Å². The lowest BCUT2D eigenvalue weighted by atomic mass is 10.4. The molecule has 0 saturated heterocycles. The first-order chi connectivity index (χ1) is 7.06. The fraction of sp³-hybridized carbons (Fsp3) is 0.600. The maximum atomic E-state index is 11.1. The minimum atomic E-state index is -0.246. The van der Waals surface area contributed by atoms with Crippen molar-refractivity contribution in [2.45, 2.75) is 19.9 Å². The number of terminal acetylenes is 1. The lowest BCUT2D eigenvalue weighted by Gasteiger charge is -2.09. The summed E-state index contributed by atoms with van der Waals surface area (Å²) in [6, 6.07) is 0.0777. The van der Waals surface area contributed by atoms with Crippen LogP contribution in [0.2, 0.25) is 0 Å². The van der Waals surface area contributed by atoms with Gasteiger partial charge in [0.15, 0.2) is 0 Å². The molecule has 0 aromatic rings. The van der Waals surface area contributed by atoms with Gasteiger partial charge in [0.05, 0.1) is 19.6 Å². The third-order valence-electron chi connectivity index (χ3n) is 1.41. The van der Waals surface area contributed by atoms with Gasteiger partial charge in [-0.25, -0.2) is 0 Å². The van der Waals surface area contributed by atoms with Gasteiger partial charge in [-0.05, 0) is 13.8 Å². The van der Waals surface area contributed by atoms with E-state index in [1.54, 1.807) is 0 Å². The summed E-state index contributed by atoms with van der Waals surface area (Å²) in [5, 5.41) is 7.84. The molecule has 0 aliphatic heterocycles. The third-order valence-corrected chi connectivity index (χ3v) is 1.41. The Morgan fingerprint density at radius 3 is 2.47 bits per heavy atom. The summed E-state index contributed by atoms with van der Waals surface area (Å²) < 4.78 is 0. The number of hydrogen-bond acceptors (Lipinski definition) is 3. The second-order valence-electron chi connectivity index (χ2n) is 3.31. The fourth-order valence-corrected chi connectivity index (χ4v) is 0.863. The summed E-state index contributed by atoms with van der Waals surface area (Å²) in [6.07, 6.45) is 4.98. The number of carbonyl (C=O) groups is 2. The van der Waals surface area contributed by atoms with E-state index in [9.17, 15) is 9.59 Å². The second-order valence-corrected chi connectivity index (χ2v) is 3.31. The molecule has 5 nitrogen and oxygen atoms in total. The van der Waals surface area contributed by atoms with Gasteiger partial charge in [0.1, 0.15) is 0 Å². The largest absolute Gasteiger partial charge is 0.352 e. The molecule has 3 N–H and O–H groups in total. The summed E-state index contributed by atoms with van der Waals surface area (Å²) in [7, 11) is 0. The van der Waals surface area contributed by atoms with Crippen LogP contribution in [0.15, 0.2) is 0 Å². The summed E-state index contributed by atoms with van der Waals surface area (Å²) in [6.45, 7) is 4.17. The maximum Gasteiger partial charge on any atom is 0.239 e. The second kappa shape index (κ2) is 7.83. The molecule has 0 aromatic heterocycles. The van der Waals surface area contributed by atoms with Crippen molar-refractivity contribution in [3.05, 3.63) is 0 Å². The van der Waals surface area contributed by atoms with Crippen LogP contribution in [0.3, 0.4) is 0 Å². The van der Waals surface area contributed by atoms with Crippen LogP contribution >= 0.6 is 0 Å². The quantitative estimate of drug-likeness (QED) is 0.384. The molecule has 0 spiro atoms. The van der Waals surface area contributed by atoms with E-state index < -0.39 is 0 Å². The van der Waals surface area contributed by atoms with E-state index in [1.807, 2.05) is 13.8 Å². The molecule has 84 valence electrons. The van der Waals surface area contributed by atoms with E-state index in [-0.39, 0.29) is 30.9 Å². The summed E-state index contributed by atoms with van der Waals surface area (Å²) >= 11 is 0. The number of amides is 2. The molecule has 5 heteroatoms. The van der Waals surface area contributed by atoms with Crippen LogP contribution in [0, 0.1) is 12.3 Å². The maximum absolute atomic E-state index is 11.1. The minimum Gasteiger partial charge on any atom is -0.352 e. The lowest BCUT2D eigenvalue weighted by Crippen LogP contribution is -2.42. The van der Waals surface area contributed by atoms with Gasteiger partial charge in [-0.2, -0.15) is 0 Å². The van der Waals surface area contributed by atoms with Gasteiger partial charge in [-0.1, -0.05) is 5.92 Å². The van der Waals surface area contributed by atoms with Gasteiger partial charge < -0.3 is 10.6 Å². The van der Waals surface area contributed by atoms with Gasteiger partial charge >= 0.3 is 0 Å². The van der Waals surface area contributed by atoms with Crippen molar-refractivity contribution in [1.82, 2.24) is 16.0 Å². The molecule has 0 radical (unpaired) electrons. The SMILES string of the molecule is C#CCNCC(=O)NCC(=O)NC(C)C. The molecule has 0 rings (SSSR count). The van der Waals surface area contributed by atoms with Crippen LogP contribution < -0.4 is 16.0 Å². The first kappa shape index (κ1) is 13.5. The summed E-state index contributed by atoms with van der Waals surface area (Å²) in [5.74, 6) is 1.90. The van der Waals surface area contributed by atoms with Crippen LogP contribution in [-0.2, 0) is 9.59 Å². The van der Waals surface area contributed by atoms with Crippen molar-refractivity contribution >= 4 is 11.8 Å². The van der Waals surface area contributed by atoms with Crippen molar-refractivity contribution in [2.75, 3.05) is 19.6 Å². The highest BCUT2D eigenvalue weighted by Gasteiger charge is 2.05. The predicted octanol–water partition coefficient (Wildman–Crippen LogP) is -1.15. The number of nitrogens with one attached hydrogen (secondary N) is 3. The smallest absolute Gasteiger partial charge is 0.239 e. The molecule has 0 bridgehead atoms. The van der Waals surface area contributed by atoms with Crippen LogP contribution in [0.1, 0.15) is 13.8 Å². The van der Waals surface area contributed by atoms with Crippen molar-refractivity contribution in [1.29, 1.82) is 0 Å². The van der Waals surface area contributed by atoms with E-state index in [4.69, 9.17) is 6.42 Å². The molecule has 0 heterocycles. The Hall–Kier alpha value is -1.54. The lowest BCUT2D eigenvalue weighted by molar-refractivity contribution is -0.125. The molecule has 0 aliphatic rings. The van der Waals surface area contributed by atoms with Crippen LogP contribution in [0.4, 0.5) is 0 Å². The van der Waals surface area contributed by atoms with Gasteiger partial charge in [-0.3, -0.25) is 14.9 Å². The summed E-state index contributed by atoms with van der Waals surface area (Å²) in [5.41, 5.74) is 0. The van der Waals surface area contributed by atoms with Gasteiger partial charge in [0.2, 0.25) is 11.8 Å². The number of rotatable bonds is 6. The Balaban J connectivity index is 3.54. The monoisotopic (exact) mass is 211 g/mol. The number of carbonyl (C=O) groups excluding carboxylic acids is 2.